The lowest BCUT2D eigenvalue weighted by atomic mass is 10.0. The Hall–Kier alpha value is -2.14. The van der Waals surface area contributed by atoms with Gasteiger partial charge in [0.25, 0.3) is 0 Å². The fraction of sp³-hybridized carbons (Fsp3) is 0.773. The molecule has 0 amide bonds. The molecule has 0 aliphatic carbocycles. The van der Waals surface area contributed by atoms with Gasteiger partial charge in [-0.2, -0.15) is 0 Å². The average molecular weight is 685 g/mol. The topological polar surface area (TPSA) is 61.8 Å². The molecule has 0 aliphatic heterocycles. The highest BCUT2D eigenvalue weighted by Gasteiger charge is 2.17. The minimum absolute atomic E-state index is 0.0447. The van der Waals surface area contributed by atoms with Crippen molar-refractivity contribution in [3.63, 3.8) is 0 Å². The third-order valence-corrected chi connectivity index (χ3v) is 9.27. The SMILES string of the molecule is CCCCCCCC/C=C\CCCCCCCC(=O)OC[C@@H](COCc1ccccc1)OC(=O)CCCCCCCCCCCCCCC. The third-order valence-electron chi connectivity index (χ3n) is 9.27. The number of hydrogen-bond acceptors (Lipinski definition) is 5. The molecule has 1 aromatic rings. The largest absolute Gasteiger partial charge is 0.462 e. The molecule has 0 radical (unpaired) electrons. The first-order chi connectivity index (χ1) is 24.2. The predicted octanol–water partition coefficient (Wildman–Crippen LogP) is 13.2. The van der Waals surface area contributed by atoms with Crippen molar-refractivity contribution in [1.29, 1.82) is 0 Å². The highest BCUT2D eigenvalue weighted by atomic mass is 16.6. The van der Waals surface area contributed by atoms with Crippen molar-refractivity contribution in [2.75, 3.05) is 13.2 Å². The number of esters is 2. The summed E-state index contributed by atoms with van der Waals surface area (Å²) in [6, 6.07) is 9.93. The smallest absolute Gasteiger partial charge is 0.306 e. The summed E-state index contributed by atoms with van der Waals surface area (Å²) in [4.78, 5) is 25.1. The van der Waals surface area contributed by atoms with Crippen LogP contribution in [0.3, 0.4) is 0 Å². The highest BCUT2D eigenvalue weighted by Crippen LogP contribution is 2.14. The lowest BCUT2D eigenvalue weighted by Crippen LogP contribution is -2.29. The maximum Gasteiger partial charge on any atom is 0.306 e. The lowest BCUT2D eigenvalue weighted by molar-refractivity contribution is -0.163. The molecule has 1 rings (SSSR count). The Labute approximate surface area is 302 Å². The van der Waals surface area contributed by atoms with E-state index in [0.29, 0.717) is 19.4 Å². The number of allylic oxidation sites excluding steroid dienone is 2. The Bertz CT molecular complexity index is 883. The molecule has 0 saturated carbocycles. The van der Waals surface area contributed by atoms with Crippen LogP contribution in [0, 0.1) is 0 Å². The number of carbonyl (C=O) groups excluding carboxylic acids is 2. The molecule has 0 aromatic heterocycles. The second-order valence-corrected chi connectivity index (χ2v) is 14.1. The Kier molecular flexibility index (Phi) is 32.7. The second kappa shape index (κ2) is 35.7. The fourth-order valence-corrected chi connectivity index (χ4v) is 6.13. The minimum atomic E-state index is -0.587. The summed E-state index contributed by atoms with van der Waals surface area (Å²) in [7, 11) is 0. The van der Waals surface area contributed by atoms with Crippen molar-refractivity contribution in [2.24, 2.45) is 0 Å². The van der Waals surface area contributed by atoms with E-state index in [2.05, 4.69) is 26.0 Å². The highest BCUT2D eigenvalue weighted by molar-refractivity contribution is 5.70. The molecule has 0 unspecified atom stereocenters. The van der Waals surface area contributed by atoms with Crippen LogP contribution in [0.4, 0.5) is 0 Å². The Balaban J connectivity index is 2.17. The van der Waals surface area contributed by atoms with Gasteiger partial charge in [-0.3, -0.25) is 9.59 Å². The van der Waals surface area contributed by atoms with Crippen molar-refractivity contribution < 1.29 is 23.8 Å². The Morgan fingerprint density at radius 1 is 0.531 bits per heavy atom. The van der Waals surface area contributed by atoms with Crippen LogP contribution in [0.25, 0.3) is 0 Å². The van der Waals surface area contributed by atoms with Gasteiger partial charge in [0, 0.05) is 12.8 Å². The van der Waals surface area contributed by atoms with E-state index in [4.69, 9.17) is 14.2 Å². The zero-order valence-electron chi connectivity index (χ0n) is 32.1. The van der Waals surface area contributed by atoms with E-state index >= 15 is 0 Å². The lowest BCUT2D eigenvalue weighted by Gasteiger charge is -2.18. The van der Waals surface area contributed by atoms with E-state index in [1.54, 1.807) is 0 Å². The standard InChI is InChI=1S/C44H76O5/c1-3-5-7-9-11-13-15-17-18-20-21-23-25-27-32-36-43(45)48-40-42(39-47-38-41-34-30-29-31-35-41)49-44(46)37-33-28-26-24-22-19-16-14-12-10-8-6-4-2/h17-18,29-31,34-35,42H,3-16,19-28,32-33,36-40H2,1-2H3/b18-17-/t42-/m1/s1. The molecule has 0 bridgehead atoms. The molecule has 282 valence electrons. The zero-order valence-corrected chi connectivity index (χ0v) is 32.1. The molecular weight excluding hydrogens is 608 g/mol. The summed E-state index contributed by atoms with van der Waals surface area (Å²) in [6.45, 7) is 5.21. The Morgan fingerprint density at radius 3 is 1.45 bits per heavy atom. The van der Waals surface area contributed by atoms with Crippen LogP contribution in [0.2, 0.25) is 0 Å². The van der Waals surface area contributed by atoms with Gasteiger partial charge in [-0.25, -0.2) is 0 Å². The van der Waals surface area contributed by atoms with Gasteiger partial charge in [-0.15, -0.1) is 0 Å². The molecule has 0 saturated heterocycles. The average Bonchev–Trinajstić information content (AvgIpc) is 3.11. The zero-order chi connectivity index (χ0) is 35.3. The van der Waals surface area contributed by atoms with E-state index in [9.17, 15) is 9.59 Å². The molecule has 1 atom stereocenters. The van der Waals surface area contributed by atoms with Gasteiger partial charge in [0.1, 0.15) is 6.61 Å². The summed E-state index contributed by atoms with van der Waals surface area (Å²) in [5, 5.41) is 0. The van der Waals surface area contributed by atoms with Crippen molar-refractivity contribution in [2.45, 2.75) is 206 Å². The minimum Gasteiger partial charge on any atom is -0.462 e. The van der Waals surface area contributed by atoms with Gasteiger partial charge < -0.3 is 14.2 Å². The van der Waals surface area contributed by atoms with Crippen LogP contribution in [-0.2, 0) is 30.4 Å². The van der Waals surface area contributed by atoms with Gasteiger partial charge in [0.2, 0.25) is 0 Å². The van der Waals surface area contributed by atoms with Gasteiger partial charge in [-0.1, -0.05) is 185 Å². The summed E-state index contributed by atoms with van der Waals surface area (Å²) in [6.07, 6.45) is 37.4. The van der Waals surface area contributed by atoms with Crippen molar-refractivity contribution in [1.82, 2.24) is 0 Å². The van der Waals surface area contributed by atoms with Crippen LogP contribution in [0.15, 0.2) is 42.5 Å². The molecule has 0 spiro atoms. The van der Waals surface area contributed by atoms with Gasteiger partial charge in [-0.05, 0) is 44.1 Å². The first kappa shape index (κ1) is 44.9. The Morgan fingerprint density at radius 2 is 0.959 bits per heavy atom. The molecule has 0 aliphatic rings. The molecule has 0 fully saturated rings. The number of rotatable bonds is 36. The summed E-state index contributed by atoms with van der Waals surface area (Å²) < 4.78 is 17.1. The van der Waals surface area contributed by atoms with Crippen LogP contribution in [-0.4, -0.2) is 31.3 Å². The van der Waals surface area contributed by atoms with Gasteiger partial charge in [0.05, 0.1) is 13.2 Å². The van der Waals surface area contributed by atoms with Crippen molar-refractivity contribution in [3.05, 3.63) is 48.0 Å². The first-order valence-corrected chi connectivity index (χ1v) is 20.8. The summed E-state index contributed by atoms with van der Waals surface area (Å²) >= 11 is 0. The van der Waals surface area contributed by atoms with E-state index in [0.717, 1.165) is 44.1 Å². The maximum absolute atomic E-state index is 12.6. The number of unbranched alkanes of at least 4 members (excludes halogenated alkanes) is 23. The fourth-order valence-electron chi connectivity index (χ4n) is 6.13. The van der Waals surface area contributed by atoms with Crippen molar-refractivity contribution in [3.8, 4) is 0 Å². The van der Waals surface area contributed by atoms with Crippen LogP contribution in [0.5, 0.6) is 0 Å². The molecular formula is C44H76O5. The van der Waals surface area contributed by atoms with Crippen LogP contribution < -0.4 is 0 Å². The number of hydrogen-bond donors (Lipinski definition) is 0. The van der Waals surface area contributed by atoms with Gasteiger partial charge in [0.15, 0.2) is 6.10 Å². The number of carbonyl (C=O) groups is 2. The van der Waals surface area contributed by atoms with Gasteiger partial charge >= 0.3 is 11.9 Å². The molecule has 1 aromatic carbocycles. The normalized spacial score (nSPS) is 12.0. The van der Waals surface area contributed by atoms with Crippen LogP contribution >= 0.6 is 0 Å². The molecule has 0 N–H and O–H groups in total. The summed E-state index contributed by atoms with van der Waals surface area (Å²) in [5.41, 5.74) is 1.06. The molecule has 5 heteroatoms. The predicted molar refractivity (Wildman–Crippen MR) is 207 cm³/mol. The third kappa shape index (κ3) is 31.6. The molecule has 0 heterocycles. The number of ether oxygens (including phenoxy) is 3. The van der Waals surface area contributed by atoms with E-state index in [1.807, 2.05) is 30.3 Å². The first-order valence-electron chi connectivity index (χ1n) is 20.8. The second-order valence-electron chi connectivity index (χ2n) is 14.1. The summed E-state index contributed by atoms with van der Waals surface area (Å²) in [5.74, 6) is -0.456. The maximum atomic E-state index is 12.6. The van der Waals surface area contributed by atoms with E-state index < -0.39 is 6.10 Å². The molecule has 5 nitrogen and oxygen atoms in total. The molecule has 49 heavy (non-hydrogen) atoms. The quantitative estimate of drug-likeness (QED) is 0.0400. The van der Waals surface area contributed by atoms with E-state index in [1.165, 1.54) is 128 Å². The van der Waals surface area contributed by atoms with Crippen LogP contribution in [0.1, 0.15) is 199 Å². The van der Waals surface area contributed by atoms with Crippen molar-refractivity contribution >= 4 is 11.9 Å². The van der Waals surface area contributed by atoms with E-state index in [-0.39, 0.29) is 25.2 Å². The number of benzene rings is 1. The monoisotopic (exact) mass is 685 g/mol.